The predicted octanol–water partition coefficient (Wildman–Crippen LogP) is 3.98. The van der Waals surface area contributed by atoms with Gasteiger partial charge in [-0.15, -0.1) is 13.2 Å². The summed E-state index contributed by atoms with van der Waals surface area (Å²) in [7, 11) is 0. The van der Waals surface area contributed by atoms with Crippen LogP contribution in [0.2, 0.25) is 0 Å². The molecule has 0 unspecified atom stereocenters. The molecule has 0 aliphatic carbocycles. The Hall–Kier alpha value is -1.38. The molecule has 0 bridgehead atoms. The molecule has 1 heterocycles. The summed E-state index contributed by atoms with van der Waals surface area (Å²) < 4.78 is 41.6. The topological polar surface area (TPSA) is 35.0 Å². The van der Waals surface area contributed by atoms with E-state index in [0.717, 1.165) is 5.69 Å². The van der Waals surface area contributed by atoms with E-state index < -0.39 is 6.36 Å². The molecule has 0 spiro atoms. The molecule has 0 saturated carbocycles. The third-order valence-electron chi connectivity index (χ3n) is 2.23. The molecule has 7 heteroatoms. The molecule has 19 heavy (non-hydrogen) atoms. The molecule has 2 aromatic rings. The second-order valence-corrected chi connectivity index (χ2v) is 4.33. The summed E-state index contributed by atoms with van der Waals surface area (Å²) in [5.74, 6) is -0.286. The first-order chi connectivity index (χ1) is 8.99. The van der Waals surface area contributed by atoms with Crippen LogP contribution in [0.15, 0.2) is 36.7 Å². The van der Waals surface area contributed by atoms with Crippen molar-refractivity contribution in [3.8, 4) is 17.0 Å². The van der Waals surface area contributed by atoms with Crippen LogP contribution in [0.3, 0.4) is 0 Å². The SMILES string of the molecule is FC(F)(F)Oc1ccccc1-c1cnc(CI)cn1. The standard InChI is InChI=1S/C12H8F3IN2O/c13-12(14,15)19-11-4-2-1-3-9(11)10-7-17-8(5-16)6-18-10/h1-4,6-7H,5H2. The maximum atomic E-state index is 12.3. The van der Waals surface area contributed by atoms with E-state index in [1.165, 1.54) is 30.6 Å². The van der Waals surface area contributed by atoms with Gasteiger partial charge in [-0.2, -0.15) is 0 Å². The van der Waals surface area contributed by atoms with Crippen LogP contribution in [-0.4, -0.2) is 16.3 Å². The first-order valence-electron chi connectivity index (χ1n) is 5.21. The fourth-order valence-corrected chi connectivity index (χ4v) is 1.85. The Morgan fingerprint density at radius 2 is 1.84 bits per heavy atom. The number of aromatic nitrogens is 2. The molecule has 3 nitrogen and oxygen atoms in total. The third kappa shape index (κ3) is 3.79. The van der Waals surface area contributed by atoms with Crippen LogP contribution in [0.5, 0.6) is 5.75 Å². The summed E-state index contributed by atoms with van der Waals surface area (Å²) in [6, 6.07) is 5.84. The lowest BCUT2D eigenvalue weighted by Crippen LogP contribution is -2.17. The molecular formula is C12H8F3IN2O. The summed E-state index contributed by atoms with van der Waals surface area (Å²) >= 11 is 2.13. The molecule has 0 amide bonds. The molecule has 2 rings (SSSR count). The van der Waals surface area contributed by atoms with Gasteiger partial charge in [-0.1, -0.05) is 34.7 Å². The van der Waals surface area contributed by atoms with Crippen molar-refractivity contribution in [2.75, 3.05) is 0 Å². The minimum absolute atomic E-state index is 0.257. The van der Waals surface area contributed by atoms with Crippen molar-refractivity contribution in [1.82, 2.24) is 9.97 Å². The number of hydrogen-bond acceptors (Lipinski definition) is 3. The number of para-hydroxylation sites is 1. The van der Waals surface area contributed by atoms with Crippen molar-refractivity contribution < 1.29 is 17.9 Å². The van der Waals surface area contributed by atoms with Crippen LogP contribution in [0.25, 0.3) is 11.3 Å². The molecule has 0 radical (unpaired) electrons. The Balaban J connectivity index is 2.38. The summed E-state index contributed by atoms with van der Waals surface area (Å²) in [4.78, 5) is 8.20. The van der Waals surface area contributed by atoms with Gasteiger partial charge in [-0.05, 0) is 12.1 Å². The highest BCUT2D eigenvalue weighted by Crippen LogP contribution is 2.32. The molecular weight excluding hydrogens is 372 g/mol. The lowest BCUT2D eigenvalue weighted by atomic mass is 10.1. The number of nitrogens with zero attached hydrogens (tertiary/aromatic N) is 2. The van der Waals surface area contributed by atoms with Crippen LogP contribution in [-0.2, 0) is 4.43 Å². The van der Waals surface area contributed by atoms with Crippen molar-refractivity contribution in [2.24, 2.45) is 0 Å². The zero-order chi connectivity index (χ0) is 13.9. The Bertz CT molecular complexity index is 558. The van der Waals surface area contributed by atoms with Crippen molar-refractivity contribution in [1.29, 1.82) is 0 Å². The lowest BCUT2D eigenvalue weighted by Gasteiger charge is -2.12. The Labute approximate surface area is 121 Å². The van der Waals surface area contributed by atoms with Crippen molar-refractivity contribution in [3.63, 3.8) is 0 Å². The summed E-state index contributed by atoms with van der Waals surface area (Å²) in [6.45, 7) is 0. The molecule has 1 aromatic carbocycles. The van der Waals surface area contributed by atoms with Crippen LogP contribution < -0.4 is 4.74 Å². The van der Waals surface area contributed by atoms with Crippen LogP contribution in [0, 0.1) is 0 Å². The summed E-state index contributed by atoms with van der Waals surface area (Å²) in [5, 5.41) is 0. The number of halogens is 4. The van der Waals surface area contributed by atoms with Gasteiger partial charge in [0.15, 0.2) is 0 Å². The van der Waals surface area contributed by atoms with Gasteiger partial charge in [-0.3, -0.25) is 9.97 Å². The molecule has 0 fully saturated rings. The van der Waals surface area contributed by atoms with E-state index in [1.54, 1.807) is 6.07 Å². The number of benzene rings is 1. The van der Waals surface area contributed by atoms with Crippen molar-refractivity contribution >= 4 is 22.6 Å². The lowest BCUT2D eigenvalue weighted by molar-refractivity contribution is -0.274. The van der Waals surface area contributed by atoms with E-state index in [0.29, 0.717) is 10.1 Å². The van der Waals surface area contributed by atoms with E-state index in [9.17, 15) is 13.2 Å². The third-order valence-corrected chi connectivity index (χ3v) is 3.01. The van der Waals surface area contributed by atoms with Crippen molar-refractivity contribution in [3.05, 3.63) is 42.4 Å². The summed E-state index contributed by atoms with van der Waals surface area (Å²) in [5.41, 5.74) is 1.36. The largest absolute Gasteiger partial charge is 0.573 e. The highest BCUT2D eigenvalue weighted by Gasteiger charge is 2.32. The van der Waals surface area contributed by atoms with Gasteiger partial charge < -0.3 is 4.74 Å². The normalized spacial score (nSPS) is 11.4. The average Bonchev–Trinajstić information content (AvgIpc) is 2.38. The van der Waals surface area contributed by atoms with E-state index >= 15 is 0 Å². The van der Waals surface area contributed by atoms with Gasteiger partial charge in [0.25, 0.3) is 0 Å². The predicted molar refractivity (Wildman–Crippen MR) is 71.9 cm³/mol. The second kappa shape index (κ2) is 5.72. The highest BCUT2D eigenvalue weighted by molar-refractivity contribution is 14.1. The maximum Gasteiger partial charge on any atom is 0.573 e. The molecule has 1 aromatic heterocycles. The Morgan fingerprint density at radius 1 is 1.11 bits per heavy atom. The van der Waals surface area contributed by atoms with E-state index in [4.69, 9.17) is 0 Å². The minimum Gasteiger partial charge on any atom is -0.405 e. The maximum absolute atomic E-state index is 12.3. The van der Waals surface area contributed by atoms with E-state index in [2.05, 4.69) is 37.3 Å². The van der Waals surface area contributed by atoms with Crippen LogP contribution in [0.1, 0.15) is 5.69 Å². The highest BCUT2D eigenvalue weighted by atomic mass is 127. The smallest absolute Gasteiger partial charge is 0.405 e. The first-order valence-corrected chi connectivity index (χ1v) is 6.74. The summed E-state index contributed by atoms with van der Waals surface area (Å²) in [6.07, 6.45) is -1.76. The molecule has 0 atom stereocenters. The number of rotatable bonds is 3. The fourth-order valence-electron chi connectivity index (χ4n) is 1.45. The van der Waals surface area contributed by atoms with Gasteiger partial charge >= 0.3 is 6.36 Å². The second-order valence-electron chi connectivity index (χ2n) is 3.57. The quantitative estimate of drug-likeness (QED) is 0.597. The van der Waals surface area contributed by atoms with E-state index in [-0.39, 0.29) is 11.3 Å². The molecule has 100 valence electrons. The average molecular weight is 380 g/mol. The van der Waals surface area contributed by atoms with Crippen LogP contribution >= 0.6 is 22.6 Å². The monoisotopic (exact) mass is 380 g/mol. The van der Waals surface area contributed by atoms with Crippen LogP contribution in [0.4, 0.5) is 13.2 Å². The molecule has 0 aliphatic rings. The zero-order valence-electron chi connectivity index (χ0n) is 9.49. The molecule has 0 aliphatic heterocycles. The Kier molecular flexibility index (Phi) is 4.23. The Morgan fingerprint density at radius 3 is 2.42 bits per heavy atom. The van der Waals surface area contributed by atoms with Gasteiger partial charge in [0.05, 0.1) is 17.6 Å². The first kappa shape index (κ1) is 14.0. The van der Waals surface area contributed by atoms with E-state index in [1.807, 2.05) is 0 Å². The molecule has 0 saturated heterocycles. The van der Waals surface area contributed by atoms with Gasteiger partial charge in [0.2, 0.25) is 0 Å². The molecule has 0 N–H and O–H groups in total. The zero-order valence-corrected chi connectivity index (χ0v) is 11.6. The number of alkyl halides is 4. The van der Waals surface area contributed by atoms with Crippen molar-refractivity contribution in [2.45, 2.75) is 10.8 Å². The minimum atomic E-state index is -4.73. The van der Waals surface area contributed by atoms with Gasteiger partial charge in [0.1, 0.15) is 5.75 Å². The van der Waals surface area contributed by atoms with Gasteiger partial charge in [0, 0.05) is 16.2 Å². The van der Waals surface area contributed by atoms with Gasteiger partial charge in [-0.25, -0.2) is 0 Å². The fraction of sp³-hybridized carbons (Fsp3) is 0.167. The number of hydrogen-bond donors (Lipinski definition) is 0. The number of ether oxygens (including phenoxy) is 1.